The molecular formula is C13H21N2O2+. The van der Waals surface area contributed by atoms with E-state index in [0.29, 0.717) is 17.5 Å². The lowest BCUT2D eigenvalue weighted by Gasteiger charge is -2.15. The smallest absolute Gasteiger partial charge is 0.282 e. The molecule has 0 saturated heterocycles. The van der Waals surface area contributed by atoms with Crippen molar-refractivity contribution in [3.63, 3.8) is 0 Å². The molecule has 0 radical (unpaired) electrons. The van der Waals surface area contributed by atoms with Gasteiger partial charge in [0, 0.05) is 0 Å². The number of hydrogen-bond acceptors (Lipinski definition) is 2. The number of quaternary nitrogens is 1. The Hall–Kier alpha value is -1.55. The predicted octanol–water partition coefficient (Wildman–Crippen LogP) is 0.994. The van der Waals surface area contributed by atoms with E-state index in [1.807, 2.05) is 36.5 Å². The maximum atomic E-state index is 11.9. The number of nitrogens with two attached hydrogens (primary N) is 1. The van der Waals surface area contributed by atoms with E-state index in [4.69, 9.17) is 4.74 Å². The van der Waals surface area contributed by atoms with Gasteiger partial charge in [-0.15, -0.1) is 0 Å². The molecule has 17 heavy (non-hydrogen) atoms. The van der Waals surface area contributed by atoms with Crippen molar-refractivity contribution < 1.29 is 14.8 Å². The first-order valence-corrected chi connectivity index (χ1v) is 5.83. The molecule has 0 bridgehead atoms. The van der Waals surface area contributed by atoms with E-state index in [-0.39, 0.29) is 11.9 Å². The largest absolute Gasteiger partial charge is 0.495 e. The Kier molecular flexibility index (Phi) is 4.97. The maximum Gasteiger partial charge on any atom is 0.282 e. The molecule has 0 aliphatic heterocycles. The number of hydrogen-bond donors (Lipinski definition) is 2. The van der Waals surface area contributed by atoms with Crippen LogP contribution in [0.4, 0.5) is 5.69 Å². The molecule has 0 aromatic heterocycles. The molecule has 1 atom stereocenters. The van der Waals surface area contributed by atoms with Gasteiger partial charge < -0.3 is 15.4 Å². The summed E-state index contributed by atoms with van der Waals surface area (Å²) in [6.45, 7) is 6.02. The predicted molar refractivity (Wildman–Crippen MR) is 68.1 cm³/mol. The fourth-order valence-electron chi connectivity index (χ4n) is 1.66. The van der Waals surface area contributed by atoms with Crippen LogP contribution in [0.15, 0.2) is 24.3 Å². The van der Waals surface area contributed by atoms with Gasteiger partial charge in [0.25, 0.3) is 5.91 Å². The minimum Gasteiger partial charge on any atom is -0.495 e. The summed E-state index contributed by atoms with van der Waals surface area (Å²) in [6.07, 6.45) is 0. The van der Waals surface area contributed by atoms with E-state index in [9.17, 15) is 4.79 Å². The van der Waals surface area contributed by atoms with Crippen molar-refractivity contribution in [2.24, 2.45) is 0 Å². The molecular weight excluding hydrogens is 216 g/mol. The number of ether oxygens (including phenoxy) is 1. The molecule has 0 aliphatic rings. The van der Waals surface area contributed by atoms with Crippen LogP contribution in [-0.4, -0.2) is 25.1 Å². The van der Waals surface area contributed by atoms with Crippen molar-refractivity contribution in [1.82, 2.24) is 0 Å². The molecule has 4 nitrogen and oxygen atoms in total. The SMILES string of the molecule is COc1ccccc1NC(=O)[C@H](C)[NH2+]C(C)C. The van der Waals surface area contributed by atoms with Crippen molar-refractivity contribution in [2.75, 3.05) is 12.4 Å². The van der Waals surface area contributed by atoms with Gasteiger partial charge in [-0.2, -0.15) is 0 Å². The van der Waals surface area contributed by atoms with Crippen molar-refractivity contribution >= 4 is 11.6 Å². The molecule has 3 N–H and O–H groups in total. The lowest BCUT2D eigenvalue weighted by atomic mass is 10.2. The second-order valence-corrected chi connectivity index (χ2v) is 4.41. The first-order chi connectivity index (χ1) is 8.04. The Balaban J connectivity index is 2.67. The molecule has 1 rings (SSSR count). The van der Waals surface area contributed by atoms with Crippen molar-refractivity contribution in [2.45, 2.75) is 32.9 Å². The Bertz CT molecular complexity index is 377. The first-order valence-electron chi connectivity index (χ1n) is 5.83. The average molecular weight is 237 g/mol. The van der Waals surface area contributed by atoms with Crippen molar-refractivity contribution in [3.05, 3.63) is 24.3 Å². The summed E-state index contributed by atoms with van der Waals surface area (Å²) in [4.78, 5) is 11.9. The highest BCUT2D eigenvalue weighted by Gasteiger charge is 2.18. The molecule has 0 fully saturated rings. The minimum atomic E-state index is -0.111. The highest BCUT2D eigenvalue weighted by molar-refractivity contribution is 5.94. The third-order valence-electron chi connectivity index (χ3n) is 2.45. The number of carbonyl (C=O) groups excluding carboxylic acids is 1. The van der Waals surface area contributed by atoms with Gasteiger partial charge in [0.1, 0.15) is 5.75 Å². The topological polar surface area (TPSA) is 54.9 Å². The highest BCUT2D eigenvalue weighted by Crippen LogP contribution is 2.22. The number of para-hydroxylation sites is 2. The van der Waals surface area contributed by atoms with Crippen LogP contribution in [0.3, 0.4) is 0 Å². The monoisotopic (exact) mass is 237 g/mol. The second-order valence-electron chi connectivity index (χ2n) is 4.41. The lowest BCUT2D eigenvalue weighted by Crippen LogP contribution is -2.95. The number of anilines is 1. The van der Waals surface area contributed by atoms with Gasteiger partial charge in [-0.3, -0.25) is 4.79 Å². The Morgan fingerprint density at radius 3 is 2.53 bits per heavy atom. The summed E-state index contributed by atoms with van der Waals surface area (Å²) in [5.41, 5.74) is 0.712. The third kappa shape index (κ3) is 4.07. The molecule has 1 amide bonds. The second kappa shape index (κ2) is 6.25. The molecule has 94 valence electrons. The number of nitrogens with one attached hydrogen (secondary N) is 1. The van der Waals surface area contributed by atoms with Crippen LogP contribution in [0.2, 0.25) is 0 Å². The Morgan fingerprint density at radius 1 is 1.29 bits per heavy atom. The lowest BCUT2D eigenvalue weighted by molar-refractivity contribution is -0.700. The van der Waals surface area contributed by atoms with Gasteiger partial charge >= 0.3 is 0 Å². The summed E-state index contributed by atoms with van der Waals surface area (Å²) in [5, 5.41) is 4.89. The van der Waals surface area contributed by atoms with Crippen LogP contribution in [0.25, 0.3) is 0 Å². The fraction of sp³-hybridized carbons (Fsp3) is 0.462. The quantitative estimate of drug-likeness (QED) is 0.802. The number of methoxy groups -OCH3 is 1. The summed E-state index contributed by atoms with van der Waals surface area (Å²) >= 11 is 0. The zero-order chi connectivity index (χ0) is 12.8. The zero-order valence-electron chi connectivity index (χ0n) is 10.9. The molecule has 0 heterocycles. The van der Waals surface area contributed by atoms with E-state index in [2.05, 4.69) is 19.2 Å². The van der Waals surface area contributed by atoms with E-state index < -0.39 is 0 Å². The Morgan fingerprint density at radius 2 is 1.94 bits per heavy atom. The molecule has 4 heteroatoms. The standard InChI is InChI=1S/C13H20N2O2/c1-9(2)14-10(3)13(16)15-11-7-5-6-8-12(11)17-4/h5-10,14H,1-4H3,(H,15,16)/p+1/t10-/m0/s1. The summed E-state index contributed by atoms with van der Waals surface area (Å²) in [7, 11) is 1.59. The average Bonchev–Trinajstić information content (AvgIpc) is 2.28. The van der Waals surface area contributed by atoms with Gasteiger partial charge in [-0.05, 0) is 32.9 Å². The van der Waals surface area contributed by atoms with Crippen LogP contribution in [0.1, 0.15) is 20.8 Å². The molecule has 0 spiro atoms. The third-order valence-corrected chi connectivity index (χ3v) is 2.45. The van der Waals surface area contributed by atoms with Crippen LogP contribution in [0, 0.1) is 0 Å². The summed E-state index contributed by atoms with van der Waals surface area (Å²) in [5.74, 6) is 0.667. The van der Waals surface area contributed by atoms with Crippen LogP contribution >= 0.6 is 0 Å². The van der Waals surface area contributed by atoms with Gasteiger partial charge in [-0.1, -0.05) is 12.1 Å². The summed E-state index contributed by atoms with van der Waals surface area (Å²) in [6, 6.07) is 7.69. The van der Waals surface area contributed by atoms with Gasteiger partial charge in [-0.25, -0.2) is 0 Å². The zero-order valence-corrected chi connectivity index (χ0v) is 10.9. The van der Waals surface area contributed by atoms with Crippen LogP contribution in [0.5, 0.6) is 5.75 Å². The van der Waals surface area contributed by atoms with Gasteiger partial charge in [0.2, 0.25) is 0 Å². The molecule has 1 aromatic rings. The number of carbonyl (C=O) groups is 1. The van der Waals surface area contributed by atoms with E-state index in [1.165, 1.54) is 0 Å². The van der Waals surface area contributed by atoms with Crippen LogP contribution in [-0.2, 0) is 4.79 Å². The van der Waals surface area contributed by atoms with Crippen molar-refractivity contribution in [3.8, 4) is 5.75 Å². The molecule has 0 unspecified atom stereocenters. The minimum absolute atomic E-state index is 0.0109. The number of benzene rings is 1. The van der Waals surface area contributed by atoms with Crippen LogP contribution < -0.4 is 15.4 Å². The normalized spacial score (nSPS) is 12.3. The van der Waals surface area contributed by atoms with E-state index in [0.717, 1.165) is 0 Å². The van der Waals surface area contributed by atoms with Crippen molar-refractivity contribution in [1.29, 1.82) is 0 Å². The van der Waals surface area contributed by atoms with Gasteiger partial charge in [0.15, 0.2) is 6.04 Å². The Labute approximate surface area is 102 Å². The first kappa shape index (κ1) is 13.5. The van der Waals surface area contributed by atoms with Gasteiger partial charge in [0.05, 0.1) is 18.8 Å². The fourth-order valence-corrected chi connectivity index (χ4v) is 1.66. The maximum absolute atomic E-state index is 11.9. The van der Waals surface area contributed by atoms with E-state index in [1.54, 1.807) is 7.11 Å². The summed E-state index contributed by atoms with van der Waals surface area (Å²) < 4.78 is 5.18. The van der Waals surface area contributed by atoms with E-state index >= 15 is 0 Å². The highest BCUT2D eigenvalue weighted by atomic mass is 16.5. The molecule has 0 aliphatic carbocycles. The molecule has 0 saturated carbocycles. The number of rotatable bonds is 5. The molecule has 1 aromatic carbocycles. The number of amides is 1.